The number of benzene rings is 3. The number of hydrogen-bond donors (Lipinski definition) is 1. The molecule has 188 valence electrons. The van der Waals surface area contributed by atoms with Gasteiger partial charge in [-0.05, 0) is 62.7 Å². The van der Waals surface area contributed by atoms with Gasteiger partial charge in [0, 0.05) is 17.3 Å². The third-order valence-electron chi connectivity index (χ3n) is 6.75. The van der Waals surface area contributed by atoms with E-state index in [0.29, 0.717) is 40.7 Å². The molecule has 3 aromatic carbocycles. The van der Waals surface area contributed by atoms with E-state index in [2.05, 4.69) is 10.2 Å². The molecule has 5 rings (SSSR count). The lowest BCUT2D eigenvalue weighted by atomic mass is 9.73. The van der Waals surface area contributed by atoms with Crippen molar-refractivity contribution in [2.24, 2.45) is 22.0 Å². The molecule has 2 atom stereocenters. The normalized spacial score (nSPS) is 20.2. The molecule has 2 unspecified atom stereocenters. The number of nitrogens with zero attached hydrogens (tertiary/aromatic N) is 4. The van der Waals surface area contributed by atoms with E-state index in [-0.39, 0.29) is 17.6 Å². The van der Waals surface area contributed by atoms with E-state index < -0.39 is 17.8 Å². The Morgan fingerprint density at radius 3 is 1.76 bits per heavy atom. The molecular formula is C29H28N4O4. The van der Waals surface area contributed by atoms with Crippen molar-refractivity contribution in [2.75, 3.05) is 16.6 Å². The van der Waals surface area contributed by atoms with E-state index in [1.54, 1.807) is 12.1 Å². The summed E-state index contributed by atoms with van der Waals surface area (Å²) in [5.74, 6) is -2.20. The quantitative estimate of drug-likeness (QED) is 0.501. The monoisotopic (exact) mass is 496 g/mol. The summed E-state index contributed by atoms with van der Waals surface area (Å²) in [4.78, 5) is 27.8. The number of amides is 2. The van der Waals surface area contributed by atoms with Gasteiger partial charge >= 0.3 is 0 Å². The number of aromatic hydroxyl groups is 1. The molecule has 0 saturated carbocycles. The SMILES string of the molecule is CCOc1cc(C(C2C(=O)N(c3ccccc3)N=C2C)C2C(=O)N(c3ccccc3)N=C2C)ccc1O. The van der Waals surface area contributed by atoms with Crippen molar-refractivity contribution < 1.29 is 19.4 Å². The summed E-state index contributed by atoms with van der Waals surface area (Å²) in [5, 5.41) is 22.3. The number of carbonyl (C=O) groups is 2. The molecule has 37 heavy (non-hydrogen) atoms. The highest BCUT2D eigenvalue weighted by molar-refractivity contribution is 6.19. The molecule has 0 fully saturated rings. The van der Waals surface area contributed by atoms with Crippen LogP contribution in [-0.4, -0.2) is 35.0 Å². The summed E-state index contributed by atoms with van der Waals surface area (Å²) in [6.07, 6.45) is 0. The molecule has 2 heterocycles. The van der Waals surface area contributed by atoms with Crippen molar-refractivity contribution in [2.45, 2.75) is 26.7 Å². The highest BCUT2D eigenvalue weighted by Gasteiger charge is 2.50. The summed E-state index contributed by atoms with van der Waals surface area (Å²) in [6, 6.07) is 23.4. The molecule has 8 heteroatoms. The molecule has 0 aliphatic carbocycles. The first kappa shape index (κ1) is 24.2. The van der Waals surface area contributed by atoms with Crippen LogP contribution in [0.3, 0.4) is 0 Å². The topological polar surface area (TPSA) is 94.8 Å². The van der Waals surface area contributed by atoms with Crippen molar-refractivity contribution >= 4 is 34.6 Å². The molecule has 0 spiro atoms. The van der Waals surface area contributed by atoms with Crippen LogP contribution in [0.2, 0.25) is 0 Å². The van der Waals surface area contributed by atoms with Gasteiger partial charge in [-0.1, -0.05) is 42.5 Å². The summed E-state index contributed by atoms with van der Waals surface area (Å²) in [6.45, 7) is 5.80. The minimum absolute atomic E-state index is 0.00699. The second-order valence-electron chi connectivity index (χ2n) is 9.10. The van der Waals surface area contributed by atoms with E-state index in [9.17, 15) is 14.7 Å². The number of para-hydroxylation sites is 2. The predicted molar refractivity (Wildman–Crippen MR) is 143 cm³/mol. The number of anilines is 2. The number of phenolic OH excluding ortho intramolecular Hbond substituents is 1. The van der Waals surface area contributed by atoms with Crippen molar-refractivity contribution in [3.8, 4) is 11.5 Å². The molecule has 8 nitrogen and oxygen atoms in total. The van der Waals surface area contributed by atoms with E-state index in [1.165, 1.54) is 16.1 Å². The Morgan fingerprint density at radius 2 is 1.30 bits per heavy atom. The average molecular weight is 497 g/mol. The van der Waals surface area contributed by atoms with E-state index in [4.69, 9.17) is 4.74 Å². The molecule has 2 aliphatic heterocycles. The predicted octanol–water partition coefficient (Wildman–Crippen LogP) is 4.95. The van der Waals surface area contributed by atoms with Gasteiger partial charge in [0.25, 0.3) is 11.8 Å². The van der Waals surface area contributed by atoms with Crippen LogP contribution in [0, 0.1) is 11.8 Å². The molecule has 2 aliphatic rings. The van der Waals surface area contributed by atoms with Gasteiger partial charge in [0.05, 0.1) is 29.8 Å². The Balaban J connectivity index is 1.60. The van der Waals surface area contributed by atoms with Crippen LogP contribution in [-0.2, 0) is 9.59 Å². The minimum atomic E-state index is -0.714. The fourth-order valence-electron chi connectivity index (χ4n) is 5.08. The second-order valence-corrected chi connectivity index (χ2v) is 9.10. The van der Waals surface area contributed by atoms with Crippen LogP contribution in [0.25, 0.3) is 0 Å². The zero-order valence-electron chi connectivity index (χ0n) is 20.9. The third-order valence-corrected chi connectivity index (χ3v) is 6.75. The first-order chi connectivity index (χ1) is 17.9. The summed E-state index contributed by atoms with van der Waals surface area (Å²) < 4.78 is 5.64. The van der Waals surface area contributed by atoms with Gasteiger partial charge in [0.15, 0.2) is 11.5 Å². The average Bonchev–Trinajstić information content (AvgIpc) is 3.37. The van der Waals surface area contributed by atoms with Crippen molar-refractivity contribution in [3.05, 3.63) is 84.4 Å². The number of hydrogen-bond acceptors (Lipinski definition) is 6. The van der Waals surface area contributed by atoms with Crippen LogP contribution in [0.1, 0.15) is 32.3 Å². The van der Waals surface area contributed by atoms with Gasteiger partial charge in [0.1, 0.15) is 0 Å². The Kier molecular flexibility index (Phi) is 6.48. The highest BCUT2D eigenvalue weighted by atomic mass is 16.5. The van der Waals surface area contributed by atoms with Gasteiger partial charge in [-0.3, -0.25) is 9.59 Å². The third kappa shape index (κ3) is 4.35. The van der Waals surface area contributed by atoms with Crippen molar-refractivity contribution in [3.63, 3.8) is 0 Å². The van der Waals surface area contributed by atoms with Crippen LogP contribution in [0.5, 0.6) is 11.5 Å². The molecule has 0 radical (unpaired) electrons. The maximum atomic E-state index is 13.9. The lowest BCUT2D eigenvalue weighted by Crippen LogP contribution is -2.40. The fraction of sp³-hybridized carbons (Fsp3) is 0.241. The number of rotatable bonds is 7. The standard InChI is InChI=1S/C29H28N4O4/c1-4-37-24-17-20(15-16-23(24)34)27(25-18(2)30-32(28(25)35)21-11-7-5-8-12-21)26-19(3)31-33(29(26)36)22-13-9-6-10-14-22/h5-17,25-27,34H,4H2,1-3H3. The molecule has 1 N–H and O–H groups in total. The summed E-state index contributed by atoms with van der Waals surface area (Å²) >= 11 is 0. The van der Waals surface area contributed by atoms with Gasteiger partial charge in [-0.2, -0.15) is 10.2 Å². The van der Waals surface area contributed by atoms with Crippen LogP contribution in [0.15, 0.2) is 89.1 Å². The van der Waals surface area contributed by atoms with Crippen LogP contribution < -0.4 is 14.8 Å². The maximum Gasteiger partial charge on any atom is 0.256 e. The van der Waals surface area contributed by atoms with E-state index >= 15 is 0 Å². The molecule has 0 bridgehead atoms. The van der Waals surface area contributed by atoms with Crippen molar-refractivity contribution in [1.29, 1.82) is 0 Å². The molecule has 0 saturated heterocycles. The Morgan fingerprint density at radius 1 is 0.811 bits per heavy atom. The Labute approximate surface area is 215 Å². The first-order valence-corrected chi connectivity index (χ1v) is 12.2. The molecule has 2 amide bonds. The zero-order valence-corrected chi connectivity index (χ0v) is 20.9. The van der Waals surface area contributed by atoms with Crippen molar-refractivity contribution in [1.82, 2.24) is 0 Å². The number of carbonyl (C=O) groups excluding carboxylic acids is 2. The molecule has 3 aromatic rings. The maximum absolute atomic E-state index is 13.9. The fourth-order valence-corrected chi connectivity index (χ4v) is 5.08. The minimum Gasteiger partial charge on any atom is -0.504 e. The van der Waals surface area contributed by atoms with Gasteiger partial charge in [0.2, 0.25) is 0 Å². The highest BCUT2D eigenvalue weighted by Crippen LogP contribution is 2.44. The number of hydrazone groups is 2. The Bertz CT molecular complexity index is 1310. The molecular weight excluding hydrogens is 468 g/mol. The smallest absolute Gasteiger partial charge is 0.256 e. The number of phenols is 1. The number of ether oxygens (including phenoxy) is 1. The largest absolute Gasteiger partial charge is 0.504 e. The van der Waals surface area contributed by atoms with Gasteiger partial charge in [-0.25, -0.2) is 10.0 Å². The molecule has 0 aromatic heterocycles. The van der Waals surface area contributed by atoms with Gasteiger partial charge in [-0.15, -0.1) is 0 Å². The Hall–Kier alpha value is -4.46. The van der Waals surface area contributed by atoms with E-state index in [1.807, 2.05) is 81.4 Å². The van der Waals surface area contributed by atoms with Crippen LogP contribution in [0.4, 0.5) is 11.4 Å². The summed E-state index contributed by atoms with van der Waals surface area (Å²) in [5.41, 5.74) is 3.20. The van der Waals surface area contributed by atoms with E-state index in [0.717, 1.165) is 0 Å². The zero-order chi connectivity index (χ0) is 26.1. The summed E-state index contributed by atoms with van der Waals surface area (Å²) in [7, 11) is 0. The second kappa shape index (κ2) is 9.89. The van der Waals surface area contributed by atoms with Crippen LogP contribution >= 0.6 is 0 Å². The first-order valence-electron chi connectivity index (χ1n) is 12.2. The van der Waals surface area contributed by atoms with Gasteiger partial charge < -0.3 is 9.84 Å². The lowest BCUT2D eigenvalue weighted by molar-refractivity contribution is -0.122. The lowest BCUT2D eigenvalue weighted by Gasteiger charge is -2.29.